The molecular formula is C16H21ClN4O3. The van der Waals surface area contributed by atoms with Gasteiger partial charge < -0.3 is 15.7 Å². The van der Waals surface area contributed by atoms with E-state index in [1.807, 2.05) is 17.0 Å². The molecule has 24 heavy (non-hydrogen) atoms. The molecule has 2 heterocycles. The van der Waals surface area contributed by atoms with Crippen LogP contribution in [-0.4, -0.2) is 52.8 Å². The third-order valence-electron chi connectivity index (χ3n) is 4.49. The molecule has 0 saturated carbocycles. The Morgan fingerprint density at radius 1 is 1.33 bits per heavy atom. The molecule has 2 aliphatic heterocycles. The van der Waals surface area contributed by atoms with Crippen LogP contribution in [0.15, 0.2) is 29.4 Å². The number of likely N-dealkylation sites (tertiary alicyclic amines) is 1. The highest BCUT2D eigenvalue weighted by molar-refractivity contribution is 6.03. The summed E-state index contributed by atoms with van der Waals surface area (Å²) in [5, 5.41) is 20.5. The molecule has 1 saturated heterocycles. The van der Waals surface area contributed by atoms with Gasteiger partial charge >= 0.3 is 5.97 Å². The quantitative estimate of drug-likeness (QED) is 0.560. The van der Waals surface area contributed by atoms with Crippen LogP contribution >= 0.6 is 12.4 Å². The van der Waals surface area contributed by atoms with Crippen molar-refractivity contribution in [3.63, 3.8) is 0 Å². The molecule has 130 valence electrons. The summed E-state index contributed by atoms with van der Waals surface area (Å²) in [5.41, 5.74) is 7.71. The number of nitrogens with two attached hydrogens (primary N) is 1. The highest BCUT2D eigenvalue weighted by atomic mass is 35.5. The highest BCUT2D eigenvalue weighted by Gasteiger charge is 2.42. The SMILES string of the molecule is Cl.N=C(N)c1ccc(C2=NOC3(CCN(CC(=O)O)CC3)C2)cc1. The number of nitrogen functional groups attached to an aromatic ring is 1. The lowest BCUT2D eigenvalue weighted by molar-refractivity contribution is -0.140. The van der Waals surface area contributed by atoms with E-state index < -0.39 is 5.97 Å². The summed E-state index contributed by atoms with van der Waals surface area (Å²) in [7, 11) is 0. The van der Waals surface area contributed by atoms with Gasteiger partial charge in [-0.15, -0.1) is 12.4 Å². The van der Waals surface area contributed by atoms with Crippen LogP contribution < -0.4 is 5.73 Å². The molecule has 0 atom stereocenters. The molecule has 7 nitrogen and oxygen atoms in total. The average Bonchev–Trinajstić information content (AvgIpc) is 2.94. The molecule has 0 aromatic heterocycles. The normalized spacial score (nSPS) is 19.2. The van der Waals surface area contributed by atoms with E-state index in [2.05, 4.69) is 5.16 Å². The Bertz CT molecular complexity index is 652. The average molecular weight is 353 g/mol. The van der Waals surface area contributed by atoms with Gasteiger partial charge in [0, 0.05) is 37.9 Å². The summed E-state index contributed by atoms with van der Waals surface area (Å²) in [6.45, 7) is 1.49. The van der Waals surface area contributed by atoms with Crippen molar-refractivity contribution in [1.82, 2.24) is 4.90 Å². The van der Waals surface area contributed by atoms with Crippen molar-refractivity contribution < 1.29 is 14.7 Å². The maximum atomic E-state index is 10.8. The number of amidine groups is 1. The number of carboxylic acid groups (broad SMARTS) is 1. The number of hydrogen-bond donors (Lipinski definition) is 3. The van der Waals surface area contributed by atoms with Crippen LogP contribution in [0.25, 0.3) is 0 Å². The van der Waals surface area contributed by atoms with Crippen LogP contribution in [0.2, 0.25) is 0 Å². The first kappa shape index (κ1) is 18.2. The molecule has 4 N–H and O–H groups in total. The molecule has 3 rings (SSSR count). The van der Waals surface area contributed by atoms with Gasteiger partial charge in [-0.3, -0.25) is 15.1 Å². The van der Waals surface area contributed by atoms with E-state index in [1.165, 1.54) is 0 Å². The Balaban J connectivity index is 0.00000208. The maximum absolute atomic E-state index is 10.8. The molecule has 1 fully saturated rings. The molecule has 0 radical (unpaired) electrons. The van der Waals surface area contributed by atoms with Gasteiger partial charge in [-0.05, 0) is 5.56 Å². The number of oxime groups is 1. The van der Waals surface area contributed by atoms with Gasteiger partial charge in [0.2, 0.25) is 0 Å². The lowest BCUT2D eigenvalue weighted by Gasteiger charge is -2.36. The zero-order valence-corrected chi connectivity index (χ0v) is 14.0. The number of piperidine rings is 1. The fourth-order valence-electron chi connectivity index (χ4n) is 3.10. The standard InChI is InChI=1S/C16H20N4O3.ClH/c17-15(18)12-3-1-11(2-4-12)13-9-16(23-19-13)5-7-20(8-6-16)10-14(21)22;/h1-4H,5-10H2,(H3,17,18)(H,21,22);1H. The minimum absolute atomic E-state index is 0. The van der Waals surface area contributed by atoms with Crippen molar-refractivity contribution in [2.75, 3.05) is 19.6 Å². The van der Waals surface area contributed by atoms with E-state index in [4.69, 9.17) is 21.1 Å². The van der Waals surface area contributed by atoms with Crippen molar-refractivity contribution >= 4 is 29.9 Å². The smallest absolute Gasteiger partial charge is 0.317 e. The highest BCUT2D eigenvalue weighted by Crippen LogP contribution is 2.36. The largest absolute Gasteiger partial charge is 0.480 e. The number of rotatable bonds is 4. The first-order chi connectivity index (χ1) is 11.0. The minimum atomic E-state index is -0.796. The Morgan fingerprint density at radius 3 is 2.50 bits per heavy atom. The van der Waals surface area contributed by atoms with E-state index in [9.17, 15) is 4.79 Å². The van der Waals surface area contributed by atoms with E-state index in [0.29, 0.717) is 18.7 Å². The van der Waals surface area contributed by atoms with Crippen molar-refractivity contribution in [1.29, 1.82) is 5.41 Å². The van der Waals surface area contributed by atoms with E-state index in [1.54, 1.807) is 12.1 Å². The fourth-order valence-corrected chi connectivity index (χ4v) is 3.10. The molecule has 0 amide bonds. The number of carboxylic acids is 1. The lowest BCUT2D eigenvalue weighted by atomic mass is 9.85. The number of hydrogen-bond acceptors (Lipinski definition) is 5. The van der Waals surface area contributed by atoms with Crippen LogP contribution in [0.5, 0.6) is 0 Å². The number of aliphatic carboxylic acids is 1. The Kier molecular flexibility index (Phi) is 5.46. The summed E-state index contributed by atoms with van der Waals surface area (Å²) in [6.07, 6.45) is 2.28. The third-order valence-corrected chi connectivity index (χ3v) is 4.49. The molecule has 1 spiro atoms. The van der Waals surface area contributed by atoms with Crippen LogP contribution in [0.1, 0.15) is 30.4 Å². The van der Waals surface area contributed by atoms with Crippen molar-refractivity contribution in [3.05, 3.63) is 35.4 Å². The summed E-state index contributed by atoms with van der Waals surface area (Å²) in [6, 6.07) is 7.41. The summed E-state index contributed by atoms with van der Waals surface area (Å²) < 4.78 is 0. The van der Waals surface area contributed by atoms with Crippen LogP contribution in [-0.2, 0) is 9.63 Å². The van der Waals surface area contributed by atoms with Crippen LogP contribution in [0.4, 0.5) is 0 Å². The molecule has 2 aliphatic rings. The predicted molar refractivity (Wildman–Crippen MR) is 93.0 cm³/mol. The van der Waals surface area contributed by atoms with Gasteiger partial charge in [-0.2, -0.15) is 0 Å². The number of nitrogens with one attached hydrogen (secondary N) is 1. The van der Waals surface area contributed by atoms with Crippen molar-refractivity contribution in [2.24, 2.45) is 10.9 Å². The van der Waals surface area contributed by atoms with Gasteiger partial charge in [0.15, 0.2) is 0 Å². The maximum Gasteiger partial charge on any atom is 0.317 e. The van der Waals surface area contributed by atoms with Crippen LogP contribution in [0.3, 0.4) is 0 Å². The van der Waals surface area contributed by atoms with Gasteiger partial charge in [0.1, 0.15) is 11.4 Å². The Morgan fingerprint density at radius 2 is 1.96 bits per heavy atom. The van der Waals surface area contributed by atoms with E-state index >= 15 is 0 Å². The summed E-state index contributed by atoms with van der Waals surface area (Å²) in [4.78, 5) is 18.4. The second-order valence-corrected chi connectivity index (χ2v) is 6.15. The Hall–Kier alpha value is -2.12. The second kappa shape index (κ2) is 7.19. The monoisotopic (exact) mass is 352 g/mol. The van der Waals surface area contributed by atoms with Gasteiger partial charge in [0.25, 0.3) is 0 Å². The van der Waals surface area contributed by atoms with E-state index in [0.717, 1.165) is 30.5 Å². The molecule has 0 unspecified atom stereocenters. The first-order valence-electron chi connectivity index (χ1n) is 7.61. The third kappa shape index (κ3) is 3.85. The zero-order valence-electron chi connectivity index (χ0n) is 13.2. The molecular weight excluding hydrogens is 332 g/mol. The lowest BCUT2D eigenvalue weighted by Crippen LogP contribution is -2.46. The van der Waals surface area contributed by atoms with Crippen molar-refractivity contribution in [3.8, 4) is 0 Å². The number of carbonyl (C=O) groups is 1. The van der Waals surface area contributed by atoms with Gasteiger partial charge in [0.05, 0.1) is 12.3 Å². The topological polar surface area (TPSA) is 112 Å². The summed E-state index contributed by atoms with van der Waals surface area (Å²) in [5.74, 6) is -0.751. The molecule has 1 aromatic rings. The first-order valence-corrected chi connectivity index (χ1v) is 7.61. The number of halogens is 1. The summed E-state index contributed by atoms with van der Waals surface area (Å²) >= 11 is 0. The van der Waals surface area contributed by atoms with Gasteiger partial charge in [-0.1, -0.05) is 29.4 Å². The fraction of sp³-hybridized carbons (Fsp3) is 0.438. The van der Waals surface area contributed by atoms with Gasteiger partial charge in [-0.25, -0.2) is 0 Å². The zero-order chi connectivity index (χ0) is 16.4. The minimum Gasteiger partial charge on any atom is -0.480 e. The predicted octanol–water partition coefficient (Wildman–Crippen LogP) is 1.44. The molecule has 0 aliphatic carbocycles. The molecule has 0 bridgehead atoms. The number of benzene rings is 1. The Labute approximate surface area is 146 Å². The number of nitrogens with zero attached hydrogens (tertiary/aromatic N) is 2. The molecule has 1 aromatic carbocycles. The van der Waals surface area contributed by atoms with E-state index in [-0.39, 0.29) is 30.4 Å². The van der Waals surface area contributed by atoms with Crippen LogP contribution in [0, 0.1) is 5.41 Å². The second-order valence-electron chi connectivity index (χ2n) is 6.15. The molecule has 8 heteroatoms. The van der Waals surface area contributed by atoms with Crippen molar-refractivity contribution in [2.45, 2.75) is 24.9 Å².